The van der Waals surface area contributed by atoms with Gasteiger partial charge in [0.05, 0.1) is 68.3 Å². The maximum absolute atomic E-state index is 11.9. The molecule has 0 saturated carbocycles. The molecule has 20 heteroatoms. The van der Waals surface area contributed by atoms with Gasteiger partial charge in [-0.3, -0.25) is 19.2 Å². The SMILES string of the molecule is COc1cc(O)cc2c1[C@@H](c1ccc(O)cc1)CC(=O)O2.COc1cc(O)cc2c1[C@H](c1ccc(O)cc1)CC(=O)O2.COc1cc(OC)c2c(c1)OC(=O)C[C@@H]2c1ccc(O)cc1.COc1cc(OC)c2c(c1)OC(=O)C[C@H]2c1ccc(O)cc1. The van der Waals surface area contributed by atoms with Crippen molar-refractivity contribution < 1.29 is 97.2 Å². The average Bonchev–Trinajstić information content (AvgIpc) is 1.38. The summed E-state index contributed by atoms with van der Waals surface area (Å²) in [6, 6.07) is 39.6. The highest BCUT2D eigenvalue weighted by Gasteiger charge is 2.36. The summed E-state index contributed by atoms with van der Waals surface area (Å²) in [6.45, 7) is 0. The molecule has 86 heavy (non-hydrogen) atoms. The van der Waals surface area contributed by atoms with Gasteiger partial charge in [-0.1, -0.05) is 48.5 Å². The molecule has 4 aliphatic rings. The van der Waals surface area contributed by atoms with Crippen molar-refractivity contribution in [2.45, 2.75) is 49.4 Å². The Morgan fingerprint density at radius 3 is 0.733 bits per heavy atom. The number of rotatable bonds is 10. The van der Waals surface area contributed by atoms with Crippen LogP contribution in [0.25, 0.3) is 0 Å². The molecule has 4 heterocycles. The number of methoxy groups -OCH3 is 6. The van der Waals surface area contributed by atoms with Gasteiger partial charge in [0.25, 0.3) is 0 Å². The number of hydrogen-bond donors (Lipinski definition) is 6. The summed E-state index contributed by atoms with van der Waals surface area (Å²) in [5.74, 6) is 3.26. The van der Waals surface area contributed by atoms with Crippen molar-refractivity contribution in [2.75, 3.05) is 42.7 Å². The van der Waals surface area contributed by atoms with E-state index in [2.05, 4.69) is 0 Å². The van der Waals surface area contributed by atoms with Crippen LogP contribution in [0.2, 0.25) is 0 Å². The molecule has 0 spiro atoms. The smallest absolute Gasteiger partial charge is 0.312 e. The van der Waals surface area contributed by atoms with Crippen molar-refractivity contribution in [2.24, 2.45) is 0 Å². The molecule has 0 unspecified atom stereocenters. The number of carbonyl (C=O) groups excluding carboxylic acids is 4. The summed E-state index contributed by atoms with van der Waals surface area (Å²) in [4.78, 5) is 47.4. The summed E-state index contributed by atoms with van der Waals surface area (Å²) >= 11 is 0. The molecule has 4 atom stereocenters. The molecule has 0 amide bonds. The van der Waals surface area contributed by atoms with Gasteiger partial charge < -0.3 is 78.0 Å². The summed E-state index contributed by atoms with van der Waals surface area (Å²) in [7, 11) is 9.23. The lowest BCUT2D eigenvalue weighted by Crippen LogP contribution is -2.21. The van der Waals surface area contributed by atoms with Crippen LogP contribution in [0, 0.1) is 0 Å². The molecule has 0 aliphatic carbocycles. The van der Waals surface area contributed by atoms with Crippen molar-refractivity contribution in [3.05, 3.63) is 190 Å². The normalized spacial score (nSPS) is 16.8. The van der Waals surface area contributed by atoms with Gasteiger partial charge in [-0.2, -0.15) is 0 Å². The Bertz CT molecular complexity index is 3540. The lowest BCUT2D eigenvalue weighted by molar-refractivity contribution is -0.136. The number of benzene rings is 8. The minimum absolute atomic E-state index is 0.0234. The van der Waals surface area contributed by atoms with E-state index in [1.165, 1.54) is 38.5 Å². The second-order valence-electron chi connectivity index (χ2n) is 19.9. The fraction of sp³-hybridized carbons (Fsp3) is 0.212. The first-order valence-electron chi connectivity index (χ1n) is 26.7. The Labute approximate surface area is 493 Å². The standard InChI is InChI=1S/2C17H16O5.2C16H14O5/c2*1-20-12-7-14(21-2)17-13(9-16(19)22-15(17)8-12)10-3-5-11(18)6-4-10;2*1-20-13-6-11(18)7-14-16(13)12(8-15(19)21-14)9-2-4-10(17)5-3-9/h2*3-8,13,18H,9H2,1-2H3;2*2-7,12,17-18H,8H2,1H3/t2*13-;2*12-/m1010/s1. The van der Waals surface area contributed by atoms with Crippen LogP contribution in [-0.4, -0.2) is 97.2 Å². The van der Waals surface area contributed by atoms with Crippen LogP contribution in [0.3, 0.4) is 0 Å². The molecule has 8 aromatic carbocycles. The van der Waals surface area contributed by atoms with Crippen molar-refractivity contribution in [3.63, 3.8) is 0 Å². The lowest BCUT2D eigenvalue weighted by Gasteiger charge is -2.27. The van der Waals surface area contributed by atoms with E-state index in [-0.39, 0.29) is 108 Å². The van der Waals surface area contributed by atoms with Crippen LogP contribution in [-0.2, 0) is 19.2 Å². The maximum Gasteiger partial charge on any atom is 0.312 e. The molecule has 444 valence electrons. The third-order valence-electron chi connectivity index (χ3n) is 14.6. The number of hydrogen-bond acceptors (Lipinski definition) is 20. The Morgan fingerprint density at radius 1 is 0.291 bits per heavy atom. The number of phenolic OH excluding ortho intramolecular Hbond substituents is 6. The molecule has 0 bridgehead atoms. The second-order valence-corrected chi connectivity index (χ2v) is 19.9. The highest BCUT2D eigenvalue weighted by Crippen LogP contribution is 2.50. The average molecular weight is 1170 g/mol. The minimum Gasteiger partial charge on any atom is -0.508 e. The van der Waals surface area contributed by atoms with Crippen molar-refractivity contribution >= 4 is 23.9 Å². The summed E-state index contributed by atoms with van der Waals surface area (Å²) in [5.41, 5.74) is 6.64. The Balaban J connectivity index is 0.000000137. The van der Waals surface area contributed by atoms with Crippen LogP contribution in [0.5, 0.6) is 92.0 Å². The lowest BCUT2D eigenvalue weighted by atomic mass is 9.85. The monoisotopic (exact) mass is 1170 g/mol. The predicted molar refractivity (Wildman–Crippen MR) is 309 cm³/mol. The maximum atomic E-state index is 11.9. The van der Waals surface area contributed by atoms with Gasteiger partial charge in [0, 0.05) is 94.5 Å². The summed E-state index contributed by atoms with van der Waals surface area (Å²) < 4.78 is 53.0. The van der Waals surface area contributed by atoms with E-state index >= 15 is 0 Å². The third kappa shape index (κ3) is 13.3. The van der Waals surface area contributed by atoms with Gasteiger partial charge in [-0.15, -0.1) is 0 Å². The van der Waals surface area contributed by atoms with E-state index in [0.717, 1.165) is 44.5 Å². The molecule has 20 nitrogen and oxygen atoms in total. The highest BCUT2D eigenvalue weighted by atomic mass is 16.6. The molecule has 12 rings (SSSR count). The van der Waals surface area contributed by atoms with Crippen LogP contribution in [0.4, 0.5) is 0 Å². The molecule has 6 N–H and O–H groups in total. The zero-order chi connectivity index (χ0) is 61.3. The fourth-order valence-electron chi connectivity index (χ4n) is 10.6. The molecule has 0 saturated heterocycles. The Kier molecular flexibility index (Phi) is 18.2. The number of aromatic hydroxyl groups is 6. The van der Waals surface area contributed by atoms with Gasteiger partial charge >= 0.3 is 23.9 Å². The molecule has 0 aromatic heterocycles. The van der Waals surface area contributed by atoms with Crippen molar-refractivity contribution in [1.29, 1.82) is 0 Å². The zero-order valence-electron chi connectivity index (χ0n) is 47.4. The van der Waals surface area contributed by atoms with Gasteiger partial charge in [0.15, 0.2) is 0 Å². The highest BCUT2D eigenvalue weighted by molar-refractivity contribution is 5.82. The first-order valence-corrected chi connectivity index (χ1v) is 26.7. The number of phenols is 6. The quantitative estimate of drug-likeness (QED) is 0.0548. The number of fused-ring (bicyclic) bond motifs is 4. The third-order valence-corrected chi connectivity index (χ3v) is 14.6. The van der Waals surface area contributed by atoms with E-state index in [0.29, 0.717) is 57.5 Å². The molecule has 4 aliphatic heterocycles. The zero-order valence-corrected chi connectivity index (χ0v) is 47.4. The van der Waals surface area contributed by atoms with Crippen LogP contribution < -0.4 is 47.4 Å². The molecule has 0 radical (unpaired) electrons. The number of esters is 4. The first-order chi connectivity index (χ1) is 41.4. The molecule has 0 fully saturated rings. The fourth-order valence-corrected chi connectivity index (χ4v) is 10.6. The summed E-state index contributed by atoms with van der Waals surface area (Å²) in [6.07, 6.45) is 0.804. The Hall–Kier alpha value is -10.8. The molecule has 8 aromatic rings. The second kappa shape index (κ2) is 26.2. The van der Waals surface area contributed by atoms with Gasteiger partial charge in [0.1, 0.15) is 92.0 Å². The van der Waals surface area contributed by atoms with E-state index in [1.54, 1.807) is 150 Å². The largest absolute Gasteiger partial charge is 0.508 e. The van der Waals surface area contributed by atoms with Crippen molar-refractivity contribution in [1.82, 2.24) is 0 Å². The minimum atomic E-state index is -0.367. The van der Waals surface area contributed by atoms with E-state index < -0.39 is 0 Å². The topological polar surface area (TPSA) is 282 Å². The van der Waals surface area contributed by atoms with E-state index in [1.807, 2.05) is 0 Å². The van der Waals surface area contributed by atoms with Crippen LogP contribution in [0.1, 0.15) is 93.9 Å². The van der Waals surface area contributed by atoms with Gasteiger partial charge in [0.2, 0.25) is 0 Å². The summed E-state index contributed by atoms with van der Waals surface area (Å²) in [5, 5.41) is 57.0. The Morgan fingerprint density at radius 2 is 0.512 bits per heavy atom. The van der Waals surface area contributed by atoms with Crippen LogP contribution in [0.15, 0.2) is 146 Å². The molecular weight excluding hydrogens is 1110 g/mol. The van der Waals surface area contributed by atoms with Gasteiger partial charge in [-0.05, 0) is 70.8 Å². The number of carbonyl (C=O) groups is 4. The van der Waals surface area contributed by atoms with E-state index in [4.69, 9.17) is 47.4 Å². The first kappa shape index (κ1) is 59.8. The van der Waals surface area contributed by atoms with Crippen molar-refractivity contribution in [3.8, 4) is 92.0 Å². The van der Waals surface area contributed by atoms with Gasteiger partial charge in [-0.25, -0.2) is 0 Å². The van der Waals surface area contributed by atoms with Crippen LogP contribution >= 0.6 is 0 Å². The van der Waals surface area contributed by atoms with E-state index in [9.17, 15) is 49.8 Å². The predicted octanol–water partition coefficient (Wildman–Crippen LogP) is 10.8. The number of ether oxygens (including phenoxy) is 10. The molecular formula is C66H60O20.